The molecule has 0 fully saturated rings. The lowest BCUT2D eigenvalue weighted by atomic mass is 10.1. The Morgan fingerprint density at radius 1 is 1.26 bits per heavy atom. The fourth-order valence-corrected chi connectivity index (χ4v) is 4.41. The molecule has 0 aliphatic carbocycles. The molecule has 27 heavy (non-hydrogen) atoms. The van der Waals surface area contributed by atoms with Crippen LogP contribution in [0.4, 0.5) is 11.5 Å². The number of nitrogens with zero attached hydrogens (tertiary/aromatic N) is 4. The minimum absolute atomic E-state index is 0.0647. The Hall–Kier alpha value is -2.46. The Balaban J connectivity index is 2.27. The highest BCUT2D eigenvalue weighted by Crippen LogP contribution is 2.30. The Labute approximate surface area is 159 Å². The van der Waals surface area contributed by atoms with Gasteiger partial charge >= 0.3 is 5.69 Å². The van der Waals surface area contributed by atoms with E-state index in [0.29, 0.717) is 24.6 Å². The van der Waals surface area contributed by atoms with Crippen molar-refractivity contribution in [1.82, 2.24) is 14.1 Å². The van der Waals surface area contributed by atoms with Crippen molar-refractivity contribution in [3.8, 4) is 0 Å². The highest BCUT2D eigenvalue weighted by Gasteiger charge is 2.26. The van der Waals surface area contributed by atoms with Crippen LogP contribution in [0.25, 0.3) is 0 Å². The molecule has 1 aromatic carbocycles. The van der Waals surface area contributed by atoms with Crippen molar-refractivity contribution >= 4 is 21.5 Å². The third-order valence-corrected chi connectivity index (χ3v) is 6.51. The van der Waals surface area contributed by atoms with Crippen LogP contribution in [-0.4, -0.2) is 40.5 Å². The van der Waals surface area contributed by atoms with Crippen molar-refractivity contribution in [2.75, 3.05) is 18.4 Å². The minimum atomic E-state index is -3.51. The van der Waals surface area contributed by atoms with Crippen molar-refractivity contribution in [3.63, 3.8) is 0 Å². The Morgan fingerprint density at radius 3 is 2.30 bits per heavy atom. The van der Waals surface area contributed by atoms with Crippen LogP contribution in [-0.2, 0) is 17.1 Å². The maximum absolute atomic E-state index is 12.6. The monoisotopic (exact) mass is 395 g/mol. The molecule has 0 radical (unpaired) electrons. The highest BCUT2D eigenvalue weighted by atomic mass is 32.2. The molecular formula is C17H25N5O4S. The first-order valence-electron chi connectivity index (χ1n) is 8.68. The summed E-state index contributed by atoms with van der Waals surface area (Å²) in [5.74, 6) is 0.310. The molecule has 0 amide bonds. The zero-order chi connectivity index (χ0) is 20.4. The first-order valence-corrected chi connectivity index (χ1v) is 10.1. The number of aryl methyl sites for hydroxylation is 2. The number of nitrogens with one attached hydrogen (secondary N) is 1. The van der Waals surface area contributed by atoms with Gasteiger partial charge in [-0.05, 0) is 31.5 Å². The van der Waals surface area contributed by atoms with Crippen LogP contribution in [0.1, 0.15) is 38.1 Å². The van der Waals surface area contributed by atoms with E-state index in [-0.39, 0.29) is 16.6 Å². The molecule has 1 N–H and O–H groups in total. The highest BCUT2D eigenvalue weighted by molar-refractivity contribution is 7.89. The lowest BCUT2D eigenvalue weighted by molar-refractivity contribution is -0.384. The van der Waals surface area contributed by atoms with Crippen molar-refractivity contribution in [1.29, 1.82) is 0 Å². The summed E-state index contributed by atoms with van der Waals surface area (Å²) in [7, 11) is -1.88. The van der Waals surface area contributed by atoms with Crippen LogP contribution in [0.2, 0.25) is 0 Å². The van der Waals surface area contributed by atoms with Gasteiger partial charge in [-0.3, -0.25) is 10.1 Å². The summed E-state index contributed by atoms with van der Waals surface area (Å²) in [6.07, 6.45) is 0. The number of sulfonamides is 1. The van der Waals surface area contributed by atoms with E-state index in [1.807, 2.05) is 6.92 Å². The molecule has 2 rings (SSSR count). The largest absolute Gasteiger partial charge is 0.358 e. The molecule has 0 saturated heterocycles. The van der Waals surface area contributed by atoms with Gasteiger partial charge in [0, 0.05) is 20.1 Å². The van der Waals surface area contributed by atoms with Gasteiger partial charge in [-0.15, -0.1) is 0 Å². The van der Waals surface area contributed by atoms with Crippen LogP contribution >= 0.6 is 0 Å². The van der Waals surface area contributed by atoms with Crippen molar-refractivity contribution in [2.45, 2.75) is 38.6 Å². The number of nitro groups is 1. The van der Waals surface area contributed by atoms with E-state index in [4.69, 9.17) is 0 Å². The molecular weight excluding hydrogens is 370 g/mol. The molecule has 2 aromatic rings. The predicted molar refractivity (Wildman–Crippen MR) is 103 cm³/mol. The number of rotatable bonds is 8. The molecule has 9 nitrogen and oxygen atoms in total. The van der Waals surface area contributed by atoms with Gasteiger partial charge in [-0.1, -0.05) is 26.0 Å². The molecule has 1 unspecified atom stereocenters. The van der Waals surface area contributed by atoms with Crippen molar-refractivity contribution in [2.24, 2.45) is 7.05 Å². The summed E-state index contributed by atoms with van der Waals surface area (Å²) in [6, 6.07) is 6.27. The van der Waals surface area contributed by atoms with Crippen molar-refractivity contribution in [3.05, 3.63) is 45.6 Å². The molecule has 1 atom stereocenters. The number of hydrogen-bond donors (Lipinski definition) is 1. The average Bonchev–Trinajstić information content (AvgIpc) is 2.89. The summed E-state index contributed by atoms with van der Waals surface area (Å²) in [6.45, 7) is 7.83. The standard InChI is InChI=1S/C17H25N5O4S/c1-6-21(7-2)27(25,26)15-10-8-14(9-11-15)12(3)18-17-16(22(23)24)13(4)19-20(17)5/h8-12,18H,6-7H2,1-5H3. The first-order chi connectivity index (χ1) is 12.6. The lowest BCUT2D eigenvalue weighted by Gasteiger charge is -2.19. The van der Waals surface area contributed by atoms with Crippen molar-refractivity contribution < 1.29 is 13.3 Å². The summed E-state index contributed by atoms with van der Waals surface area (Å²) < 4.78 is 27.9. The number of hydrogen-bond acceptors (Lipinski definition) is 6. The fourth-order valence-electron chi connectivity index (χ4n) is 2.96. The second-order valence-electron chi connectivity index (χ2n) is 6.19. The second kappa shape index (κ2) is 8.05. The quantitative estimate of drug-likeness (QED) is 0.543. The van der Waals surface area contributed by atoms with Crippen LogP contribution in [0.15, 0.2) is 29.2 Å². The van der Waals surface area contributed by atoms with E-state index in [9.17, 15) is 18.5 Å². The van der Waals surface area contributed by atoms with Gasteiger partial charge in [0.25, 0.3) is 0 Å². The van der Waals surface area contributed by atoms with Gasteiger partial charge in [-0.25, -0.2) is 13.1 Å². The third kappa shape index (κ3) is 4.11. The summed E-state index contributed by atoms with van der Waals surface area (Å²) in [5.41, 5.74) is 1.07. The summed E-state index contributed by atoms with van der Waals surface area (Å²) >= 11 is 0. The first kappa shape index (κ1) is 20.8. The van der Waals surface area contributed by atoms with Crippen LogP contribution in [0, 0.1) is 17.0 Å². The van der Waals surface area contributed by atoms with Gasteiger partial charge in [0.2, 0.25) is 15.8 Å². The van der Waals surface area contributed by atoms with Gasteiger partial charge in [0.15, 0.2) is 0 Å². The van der Waals surface area contributed by atoms with Crippen LogP contribution < -0.4 is 5.32 Å². The molecule has 10 heteroatoms. The molecule has 1 aromatic heterocycles. The Kier molecular flexibility index (Phi) is 6.22. The maximum atomic E-state index is 12.6. The molecule has 0 spiro atoms. The van der Waals surface area contributed by atoms with E-state index in [0.717, 1.165) is 5.56 Å². The smallest absolute Gasteiger partial charge is 0.333 e. The average molecular weight is 395 g/mol. The molecule has 148 valence electrons. The van der Waals surface area contributed by atoms with Gasteiger partial charge in [-0.2, -0.15) is 9.40 Å². The van der Waals surface area contributed by atoms with Gasteiger partial charge < -0.3 is 5.32 Å². The van der Waals surface area contributed by atoms with E-state index in [1.54, 1.807) is 52.1 Å². The molecule has 0 aliphatic rings. The Bertz CT molecular complexity index is 918. The van der Waals surface area contributed by atoms with E-state index >= 15 is 0 Å². The Morgan fingerprint density at radius 2 is 1.81 bits per heavy atom. The zero-order valence-electron chi connectivity index (χ0n) is 16.1. The third-order valence-electron chi connectivity index (χ3n) is 4.45. The summed E-state index contributed by atoms with van der Waals surface area (Å²) in [4.78, 5) is 11.1. The minimum Gasteiger partial charge on any atom is -0.358 e. The maximum Gasteiger partial charge on any atom is 0.333 e. The van der Waals surface area contributed by atoms with Crippen LogP contribution in [0.3, 0.4) is 0 Å². The van der Waals surface area contributed by atoms with E-state index in [2.05, 4.69) is 10.4 Å². The number of aromatic nitrogens is 2. The SMILES string of the molecule is CCN(CC)S(=O)(=O)c1ccc(C(C)Nc2c([N+](=O)[O-])c(C)nn2C)cc1. The second-order valence-corrected chi connectivity index (χ2v) is 8.13. The van der Waals surface area contributed by atoms with Gasteiger partial charge in [0.05, 0.1) is 15.9 Å². The number of anilines is 1. The molecule has 1 heterocycles. The predicted octanol–water partition coefficient (Wildman–Crippen LogP) is 2.84. The van der Waals surface area contributed by atoms with Crippen LogP contribution in [0.5, 0.6) is 0 Å². The molecule has 0 bridgehead atoms. The fraction of sp³-hybridized carbons (Fsp3) is 0.471. The molecule has 0 saturated carbocycles. The topological polar surface area (TPSA) is 110 Å². The normalized spacial score (nSPS) is 13.0. The molecule has 0 aliphatic heterocycles. The van der Waals surface area contributed by atoms with E-state index in [1.165, 1.54) is 8.99 Å². The number of benzene rings is 1. The lowest BCUT2D eigenvalue weighted by Crippen LogP contribution is -2.30. The summed E-state index contributed by atoms with van der Waals surface area (Å²) in [5, 5.41) is 18.5. The van der Waals surface area contributed by atoms with Gasteiger partial charge in [0.1, 0.15) is 5.69 Å². The zero-order valence-corrected chi connectivity index (χ0v) is 16.9. The van der Waals surface area contributed by atoms with E-state index < -0.39 is 14.9 Å².